The molecular weight excluding hydrogens is 245 g/mol. The van der Waals surface area contributed by atoms with Crippen molar-refractivity contribution in [2.75, 3.05) is 13.7 Å². The van der Waals surface area contributed by atoms with Crippen LogP contribution in [0.5, 0.6) is 5.75 Å². The fraction of sp³-hybridized carbons (Fsp3) is 0.538. The minimum atomic E-state index is -4.29. The van der Waals surface area contributed by atoms with E-state index in [2.05, 4.69) is 0 Å². The molecule has 1 saturated heterocycles. The van der Waals surface area contributed by atoms with Crippen LogP contribution in [0.1, 0.15) is 18.4 Å². The van der Waals surface area contributed by atoms with Crippen molar-refractivity contribution in [1.82, 2.24) is 0 Å². The van der Waals surface area contributed by atoms with Gasteiger partial charge >= 0.3 is 6.18 Å². The molecule has 1 atom stereocenters. The van der Waals surface area contributed by atoms with Crippen LogP contribution in [0.2, 0.25) is 0 Å². The topological polar surface area (TPSA) is 18.5 Å². The lowest BCUT2D eigenvalue weighted by Crippen LogP contribution is -2.55. The van der Waals surface area contributed by atoms with Crippen LogP contribution in [0.4, 0.5) is 13.2 Å². The van der Waals surface area contributed by atoms with E-state index in [0.29, 0.717) is 12.2 Å². The molecule has 0 aliphatic carbocycles. The van der Waals surface area contributed by atoms with Crippen LogP contribution in [0.3, 0.4) is 0 Å². The summed E-state index contributed by atoms with van der Waals surface area (Å²) in [7, 11) is 1.53. The van der Waals surface area contributed by atoms with Crippen LogP contribution < -0.4 is 4.74 Å². The van der Waals surface area contributed by atoms with Crippen LogP contribution in [0.15, 0.2) is 24.3 Å². The molecule has 0 radical (unpaired) electrons. The van der Waals surface area contributed by atoms with Gasteiger partial charge in [0, 0.05) is 6.42 Å². The van der Waals surface area contributed by atoms with Gasteiger partial charge in [0.2, 0.25) is 0 Å². The Morgan fingerprint density at radius 2 is 2.11 bits per heavy atom. The van der Waals surface area contributed by atoms with Gasteiger partial charge < -0.3 is 9.47 Å². The van der Waals surface area contributed by atoms with Crippen molar-refractivity contribution in [2.45, 2.75) is 31.0 Å². The number of aryl methyl sites for hydroxylation is 1. The van der Waals surface area contributed by atoms with Crippen LogP contribution in [0.25, 0.3) is 0 Å². The molecule has 0 spiro atoms. The summed E-state index contributed by atoms with van der Waals surface area (Å²) < 4.78 is 48.4. The maximum Gasteiger partial charge on any atom is 0.417 e. The molecular formula is C13H15F3O2. The standard InChI is InChI=1S/C13H15F3O2/c1-17-11-4-2-3-10(9-11)5-6-12(7-8-18-12)13(14,15)16/h2-4,9H,5-8H2,1H3. The molecule has 0 aromatic heterocycles. The smallest absolute Gasteiger partial charge is 0.417 e. The van der Waals surface area contributed by atoms with Crippen LogP contribution >= 0.6 is 0 Å². The monoisotopic (exact) mass is 260 g/mol. The lowest BCUT2D eigenvalue weighted by Gasteiger charge is -2.43. The van der Waals surface area contributed by atoms with Crippen molar-refractivity contribution in [2.24, 2.45) is 0 Å². The lowest BCUT2D eigenvalue weighted by molar-refractivity contribution is -0.327. The molecule has 1 aliphatic rings. The number of ether oxygens (including phenoxy) is 2. The van der Waals surface area contributed by atoms with E-state index in [0.717, 1.165) is 5.56 Å². The molecule has 0 N–H and O–H groups in total. The van der Waals surface area contributed by atoms with Crippen LogP contribution in [-0.2, 0) is 11.2 Å². The second-order valence-corrected chi connectivity index (χ2v) is 4.44. The van der Waals surface area contributed by atoms with Gasteiger partial charge in [-0.3, -0.25) is 0 Å². The van der Waals surface area contributed by atoms with E-state index in [-0.39, 0.29) is 19.4 Å². The van der Waals surface area contributed by atoms with Gasteiger partial charge in [0.15, 0.2) is 5.60 Å². The summed E-state index contributed by atoms with van der Waals surface area (Å²) in [6.45, 7) is 0.192. The largest absolute Gasteiger partial charge is 0.497 e. The molecule has 1 aliphatic heterocycles. The Hall–Kier alpha value is -1.23. The summed E-state index contributed by atoms with van der Waals surface area (Å²) >= 11 is 0. The predicted molar refractivity (Wildman–Crippen MR) is 60.7 cm³/mol. The number of rotatable bonds is 4. The summed E-state index contributed by atoms with van der Waals surface area (Å²) in [5.74, 6) is 0.656. The molecule has 5 heteroatoms. The molecule has 18 heavy (non-hydrogen) atoms. The van der Waals surface area contributed by atoms with Gasteiger partial charge in [0.05, 0.1) is 13.7 Å². The minimum absolute atomic E-state index is 0.0380. The summed E-state index contributed by atoms with van der Waals surface area (Å²) in [6.07, 6.45) is -3.94. The van der Waals surface area contributed by atoms with E-state index in [1.54, 1.807) is 24.3 Å². The SMILES string of the molecule is COc1cccc(CCC2(C(F)(F)F)CCO2)c1. The Balaban J connectivity index is 2.02. The molecule has 0 amide bonds. The fourth-order valence-corrected chi connectivity index (χ4v) is 2.09. The van der Waals surface area contributed by atoms with Gasteiger partial charge in [-0.05, 0) is 30.5 Å². The van der Waals surface area contributed by atoms with Crippen molar-refractivity contribution in [1.29, 1.82) is 0 Å². The minimum Gasteiger partial charge on any atom is -0.497 e. The second kappa shape index (κ2) is 4.80. The Morgan fingerprint density at radius 1 is 1.39 bits per heavy atom. The average molecular weight is 260 g/mol. The molecule has 1 fully saturated rings. The van der Waals surface area contributed by atoms with E-state index in [1.807, 2.05) is 0 Å². The van der Waals surface area contributed by atoms with Gasteiger partial charge in [-0.1, -0.05) is 12.1 Å². The molecule has 0 saturated carbocycles. The molecule has 1 aromatic rings. The molecule has 0 bridgehead atoms. The molecule has 2 rings (SSSR count). The summed E-state index contributed by atoms with van der Waals surface area (Å²) in [5, 5.41) is 0. The summed E-state index contributed by atoms with van der Waals surface area (Å²) in [5.41, 5.74) is -1.11. The highest BCUT2D eigenvalue weighted by Crippen LogP contribution is 2.45. The Kier molecular flexibility index (Phi) is 3.52. The van der Waals surface area contributed by atoms with Gasteiger partial charge in [-0.2, -0.15) is 13.2 Å². The number of alkyl halides is 3. The maximum absolute atomic E-state index is 12.9. The molecule has 2 nitrogen and oxygen atoms in total. The van der Waals surface area contributed by atoms with Crippen molar-refractivity contribution in [3.05, 3.63) is 29.8 Å². The van der Waals surface area contributed by atoms with Crippen molar-refractivity contribution in [3.8, 4) is 5.75 Å². The van der Waals surface area contributed by atoms with Gasteiger partial charge in [0.25, 0.3) is 0 Å². The quantitative estimate of drug-likeness (QED) is 0.826. The summed E-state index contributed by atoms with van der Waals surface area (Å²) in [4.78, 5) is 0. The third-order valence-electron chi connectivity index (χ3n) is 3.35. The zero-order valence-electron chi connectivity index (χ0n) is 10.1. The van der Waals surface area contributed by atoms with E-state index < -0.39 is 11.8 Å². The number of hydrogen-bond acceptors (Lipinski definition) is 2. The lowest BCUT2D eigenvalue weighted by atomic mass is 9.87. The van der Waals surface area contributed by atoms with Gasteiger partial charge in [-0.15, -0.1) is 0 Å². The number of hydrogen-bond donors (Lipinski definition) is 0. The van der Waals surface area contributed by atoms with E-state index in [4.69, 9.17) is 9.47 Å². The zero-order valence-corrected chi connectivity index (χ0v) is 10.1. The first-order chi connectivity index (χ1) is 8.47. The third-order valence-corrected chi connectivity index (χ3v) is 3.35. The first-order valence-electron chi connectivity index (χ1n) is 5.80. The van der Waals surface area contributed by atoms with Gasteiger partial charge in [0.1, 0.15) is 5.75 Å². The normalized spacial score (nSPS) is 23.6. The first kappa shape index (κ1) is 13.2. The first-order valence-corrected chi connectivity index (χ1v) is 5.80. The maximum atomic E-state index is 12.9. The number of halogens is 3. The number of benzene rings is 1. The number of methoxy groups -OCH3 is 1. The Bertz CT molecular complexity index is 411. The molecule has 1 heterocycles. The zero-order chi connectivity index (χ0) is 13.2. The van der Waals surface area contributed by atoms with Crippen molar-refractivity contribution < 1.29 is 22.6 Å². The van der Waals surface area contributed by atoms with E-state index >= 15 is 0 Å². The van der Waals surface area contributed by atoms with E-state index in [9.17, 15) is 13.2 Å². The van der Waals surface area contributed by atoms with E-state index in [1.165, 1.54) is 7.11 Å². The molecule has 1 aromatic carbocycles. The molecule has 1 unspecified atom stereocenters. The Morgan fingerprint density at radius 3 is 2.61 bits per heavy atom. The fourth-order valence-electron chi connectivity index (χ4n) is 2.09. The average Bonchev–Trinajstić information content (AvgIpc) is 2.26. The van der Waals surface area contributed by atoms with Crippen LogP contribution in [-0.4, -0.2) is 25.5 Å². The van der Waals surface area contributed by atoms with Crippen molar-refractivity contribution in [3.63, 3.8) is 0 Å². The predicted octanol–water partition coefficient (Wildman–Crippen LogP) is 3.35. The molecule has 100 valence electrons. The van der Waals surface area contributed by atoms with Crippen LogP contribution in [0, 0.1) is 0 Å². The second-order valence-electron chi connectivity index (χ2n) is 4.44. The third kappa shape index (κ3) is 2.46. The highest BCUT2D eigenvalue weighted by atomic mass is 19.4. The summed E-state index contributed by atoms with van der Waals surface area (Å²) in [6, 6.07) is 7.09. The highest BCUT2D eigenvalue weighted by molar-refractivity contribution is 5.28. The van der Waals surface area contributed by atoms with Gasteiger partial charge in [-0.25, -0.2) is 0 Å². The Labute approximate surface area is 104 Å². The highest BCUT2D eigenvalue weighted by Gasteiger charge is 2.59. The van der Waals surface area contributed by atoms with Crippen molar-refractivity contribution >= 4 is 0 Å².